The lowest BCUT2D eigenvalue weighted by Crippen LogP contribution is -2.08. The quantitative estimate of drug-likeness (QED) is 0.817. The predicted octanol–water partition coefficient (Wildman–Crippen LogP) is 1.52. The van der Waals surface area contributed by atoms with Gasteiger partial charge in [0.05, 0.1) is 17.4 Å². The summed E-state index contributed by atoms with van der Waals surface area (Å²) in [6.07, 6.45) is 3.17. The minimum atomic E-state index is -1.39. The number of halogens is 1. The Labute approximate surface area is 95.1 Å². The van der Waals surface area contributed by atoms with Crippen molar-refractivity contribution in [3.8, 4) is 5.69 Å². The number of hydrogen-bond donors (Lipinski definition) is 1. The Morgan fingerprint density at radius 3 is 2.82 bits per heavy atom. The number of rotatable bonds is 3. The number of aldehydes is 1. The van der Waals surface area contributed by atoms with Crippen LogP contribution in [0.25, 0.3) is 5.69 Å². The summed E-state index contributed by atoms with van der Waals surface area (Å²) < 4.78 is 14.5. The van der Waals surface area contributed by atoms with Crippen LogP contribution in [0, 0.1) is 5.82 Å². The van der Waals surface area contributed by atoms with Gasteiger partial charge in [-0.3, -0.25) is 4.79 Å². The minimum absolute atomic E-state index is 0.0746. The molecule has 1 heterocycles. The van der Waals surface area contributed by atoms with Crippen molar-refractivity contribution in [1.29, 1.82) is 0 Å². The van der Waals surface area contributed by atoms with Gasteiger partial charge in [0.1, 0.15) is 11.4 Å². The molecule has 5 nitrogen and oxygen atoms in total. The lowest BCUT2D eigenvalue weighted by molar-refractivity contribution is 0.0691. The summed E-state index contributed by atoms with van der Waals surface area (Å²) >= 11 is 0. The van der Waals surface area contributed by atoms with E-state index in [1.807, 2.05) is 0 Å². The average molecular weight is 234 g/mol. The molecule has 17 heavy (non-hydrogen) atoms. The number of benzene rings is 1. The van der Waals surface area contributed by atoms with E-state index in [1.165, 1.54) is 24.5 Å². The van der Waals surface area contributed by atoms with Crippen LogP contribution in [-0.4, -0.2) is 27.1 Å². The Hall–Kier alpha value is -2.50. The van der Waals surface area contributed by atoms with Gasteiger partial charge in [0, 0.05) is 6.20 Å². The molecular weight excluding hydrogens is 227 g/mol. The molecule has 6 heteroatoms. The van der Waals surface area contributed by atoms with Crippen LogP contribution in [0.1, 0.15) is 20.7 Å². The van der Waals surface area contributed by atoms with Gasteiger partial charge in [-0.25, -0.2) is 13.9 Å². The van der Waals surface area contributed by atoms with E-state index in [1.54, 1.807) is 0 Å². The maximum absolute atomic E-state index is 13.4. The first-order valence-corrected chi connectivity index (χ1v) is 4.65. The highest BCUT2D eigenvalue weighted by Gasteiger charge is 2.17. The highest BCUT2D eigenvalue weighted by Crippen LogP contribution is 2.17. The van der Waals surface area contributed by atoms with Gasteiger partial charge in [-0.15, -0.1) is 0 Å². The molecule has 0 unspecified atom stereocenters. The van der Waals surface area contributed by atoms with Gasteiger partial charge in [0.2, 0.25) is 0 Å². The van der Waals surface area contributed by atoms with E-state index in [2.05, 4.69) is 5.10 Å². The Bertz CT molecular complexity index is 592. The van der Waals surface area contributed by atoms with E-state index in [-0.39, 0.29) is 11.3 Å². The summed E-state index contributed by atoms with van der Waals surface area (Å²) in [4.78, 5) is 21.4. The molecule has 0 aliphatic carbocycles. The van der Waals surface area contributed by atoms with Gasteiger partial charge in [-0.05, 0) is 12.1 Å². The fourth-order valence-electron chi connectivity index (χ4n) is 1.44. The van der Waals surface area contributed by atoms with Gasteiger partial charge < -0.3 is 5.11 Å². The number of aromatic carboxylic acids is 1. The standard InChI is InChI=1S/C11H7FN2O3/c12-8-2-1-3-9(10(8)11(16)17)14-5-7(6-15)4-13-14/h1-6H,(H,16,17). The molecule has 1 aromatic heterocycles. The maximum Gasteiger partial charge on any atom is 0.340 e. The number of hydrogen-bond acceptors (Lipinski definition) is 3. The van der Waals surface area contributed by atoms with Crippen molar-refractivity contribution < 1.29 is 19.1 Å². The number of carboxylic acids is 1. The molecule has 0 spiro atoms. The summed E-state index contributed by atoms with van der Waals surface area (Å²) in [6.45, 7) is 0. The van der Waals surface area contributed by atoms with Crippen molar-refractivity contribution in [3.05, 3.63) is 47.5 Å². The normalized spacial score (nSPS) is 10.2. The molecule has 0 saturated carbocycles. The molecule has 0 aliphatic rings. The monoisotopic (exact) mass is 234 g/mol. The van der Waals surface area contributed by atoms with Crippen molar-refractivity contribution >= 4 is 12.3 Å². The van der Waals surface area contributed by atoms with Gasteiger partial charge >= 0.3 is 5.97 Å². The van der Waals surface area contributed by atoms with E-state index in [4.69, 9.17) is 5.11 Å². The molecule has 0 atom stereocenters. The molecular formula is C11H7FN2O3. The molecule has 0 bridgehead atoms. The molecule has 0 radical (unpaired) electrons. The van der Waals surface area contributed by atoms with E-state index < -0.39 is 17.3 Å². The van der Waals surface area contributed by atoms with Crippen LogP contribution in [0.5, 0.6) is 0 Å². The van der Waals surface area contributed by atoms with Gasteiger partial charge in [-0.1, -0.05) is 6.07 Å². The first kappa shape index (κ1) is 11.0. The molecule has 1 aromatic carbocycles. The summed E-state index contributed by atoms with van der Waals surface area (Å²) in [5.74, 6) is -2.24. The van der Waals surface area contributed by atoms with Crippen molar-refractivity contribution in [2.24, 2.45) is 0 Å². The number of nitrogens with zero attached hydrogens (tertiary/aromatic N) is 2. The summed E-state index contributed by atoms with van der Waals surface area (Å²) in [6, 6.07) is 3.84. The Balaban J connectivity index is 2.62. The van der Waals surface area contributed by atoms with Crippen LogP contribution in [-0.2, 0) is 0 Å². The lowest BCUT2D eigenvalue weighted by Gasteiger charge is -2.06. The number of aromatic nitrogens is 2. The molecule has 2 aromatic rings. The van der Waals surface area contributed by atoms with Crippen molar-refractivity contribution in [2.45, 2.75) is 0 Å². The molecule has 1 N–H and O–H groups in total. The molecule has 0 saturated heterocycles. The van der Waals surface area contributed by atoms with Crippen molar-refractivity contribution in [1.82, 2.24) is 9.78 Å². The largest absolute Gasteiger partial charge is 0.478 e. The molecule has 0 amide bonds. The third-order valence-corrected chi connectivity index (χ3v) is 2.19. The molecule has 0 fully saturated rings. The third kappa shape index (κ3) is 1.92. The van der Waals surface area contributed by atoms with Crippen LogP contribution < -0.4 is 0 Å². The second-order valence-electron chi connectivity index (χ2n) is 3.28. The van der Waals surface area contributed by atoms with Crippen molar-refractivity contribution in [3.63, 3.8) is 0 Å². The van der Waals surface area contributed by atoms with Gasteiger partial charge in [0.15, 0.2) is 6.29 Å². The molecule has 2 rings (SSSR count). The second-order valence-corrected chi connectivity index (χ2v) is 3.28. The van der Waals surface area contributed by atoms with E-state index in [9.17, 15) is 14.0 Å². The zero-order valence-electron chi connectivity index (χ0n) is 8.50. The van der Waals surface area contributed by atoms with Crippen molar-refractivity contribution in [2.75, 3.05) is 0 Å². The summed E-state index contributed by atoms with van der Waals surface area (Å²) in [7, 11) is 0. The highest BCUT2D eigenvalue weighted by molar-refractivity contribution is 5.92. The summed E-state index contributed by atoms with van der Waals surface area (Å²) in [5.41, 5.74) is -0.121. The van der Waals surface area contributed by atoms with E-state index in [0.29, 0.717) is 6.29 Å². The van der Waals surface area contributed by atoms with Crippen LogP contribution in [0.15, 0.2) is 30.6 Å². The summed E-state index contributed by atoms with van der Waals surface area (Å²) in [5, 5.41) is 12.7. The first-order valence-electron chi connectivity index (χ1n) is 4.65. The smallest absolute Gasteiger partial charge is 0.340 e. The van der Waals surface area contributed by atoms with Crippen LogP contribution in [0.3, 0.4) is 0 Å². The highest BCUT2D eigenvalue weighted by atomic mass is 19.1. The van der Waals surface area contributed by atoms with E-state index >= 15 is 0 Å². The fourth-order valence-corrected chi connectivity index (χ4v) is 1.44. The lowest BCUT2D eigenvalue weighted by atomic mass is 10.1. The molecule has 0 aliphatic heterocycles. The maximum atomic E-state index is 13.4. The predicted molar refractivity (Wildman–Crippen MR) is 55.9 cm³/mol. The van der Waals surface area contributed by atoms with Gasteiger partial charge in [-0.2, -0.15) is 5.10 Å². The Morgan fingerprint density at radius 2 is 2.24 bits per heavy atom. The zero-order chi connectivity index (χ0) is 12.4. The first-order chi connectivity index (χ1) is 8.13. The Morgan fingerprint density at radius 1 is 1.47 bits per heavy atom. The third-order valence-electron chi connectivity index (χ3n) is 2.19. The SMILES string of the molecule is O=Cc1cnn(-c2cccc(F)c2C(=O)O)c1. The number of carboxylic acid groups (broad SMARTS) is 1. The Kier molecular flexibility index (Phi) is 2.70. The zero-order valence-corrected chi connectivity index (χ0v) is 8.50. The number of carbonyl (C=O) groups is 2. The molecule has 86 valence electrons. The van der Waals surface area contributed by atoms with Gasteiger partial charge in [0.25, 0.3) is 0 Å². The number of carbonyl (C=O) groups excluding carboxylic acids is 1. The second kappa shape index (κ2) is 4.17. The van der Waals surface area contributed by atoms with Crippen LogP contribution in [0.2, 0.25) is 0 Å². The van der Waals surface area contributed by atoms with Crippen LogP contribution in [0.4, 0.5) is 4.39 Å². The van der Waals surface area contributed by atoms with E-state index in [0.717, 1.165) is 10.7 Å². The fraction of sp³-hybridized carbons (Fsp3) is 0. The van der Waals surface area contributed by atoms with Crippen LogP contribution >= 0.6 is 0 Å². The average Bonchev–Trinajstić information content (AvgIpc) is 2.76. The topological polar surface area (TPSA) is 72.2 Å². The minimum Gasteiger partial charge on any atom is -0.478 e.